The number of nitrogens with one attached hydrogen (secondary N) is 2. The number of rotatable bonds is 7. The van der Waals surface area contributed by atoms with Gasteiger partial charge in [-0.25, -0.2) is 14.2 Å². The predicted molar refractivity (Wildman–Crippen MR) is 132 cm³/mol. The van der Waals surface area contributed by atoms with Gasteiger partial charge in [0, 0.05) is 11.7 Å². The first kappa shape index (κ1) is 22.9. The van der Waals surface area contributed by atoms with Gasteiger partial charge < -0.3 is 15.7 Å². The summed E-state index contributed by atoms with van der Waals surface area (Å²) in [6, 6.07) is 13.3. The zero-order valence-corrected chi connectivity index (χ0v) is 19.8. The largest absolute Gasteiger partial charge is 0.478 e. The van der Waals surface area contributed by atoms with Crippen LogP contribution in [0.3, 0.4) is 0 Å². The van der Waals surface area contributed by atoms with Crippen molar-refractivity contribution in [2.24, 2.45) is 28.2 Å². The lowest BCUT2D eigenvalue weighted by Gasteiger charge is -2.57. The van der Waals surface area contributed by atoms with Gasteiger partial charge >= 0.3 is 5.97 Å². The monoisotopic (exact) mass is 463 g/mol. The Labute approximate surface area is 200 Å². The molecule has 4 aliphatic rings. The van der Waals surface area contributed by atoms with Crippen LogP contribution in [0.25, 0.3) is 0 Å². The Hall–Kier alpha value is -2.89. The molecule has 6 rings (SSSR count). The molecule has 0 saturated heterocycles. The number of anilines is 1. The molecule has 0 spiro atoms. The van der Waals surface area contributed by atoms with Crippen LogP contribution in [-0.2, 0) is 6.54 Å². The van der Waals surface area contributed by atoms with Gasteiger partial charge in [0.1, 0.15) is 5.82 Å². The van der Waals surface area contributed by atoms with Crippen LogP contribution in [0.15, 0.2) is 53.5 Å². The lowest BCUT2D eigenvalue weighted by Crippen LogP contribution is -2.49. The number of nitrogens with zero attached hydrogens (tertiary/aromatic N) is 1. The van der Waals surface area contributed by atoms with Gasteiger partial charge in [-0.2, -0.15) is 0 Å². The number of carboxylic acids is 1. The zero-order chi connectivity index (χ0) is 23.7. The molecule has 6 heteroatoms. The topological polar surface area (TPSA) is 73.7 Å². The first-order chi connectivity index (χ1) is 16.4. The van der Waals surface area contributed by atoms with Crippen molar-refractivity contribution >= 4 is 17.6 Å². The summed E-state index contributed by atoms with van der Waals surface area (Å²) < 4.78 is 13.3. The molecule has 34 heavy (non-hydrogen) atoms. The van der Waals surface area contributed by atoms with E-state index in [-0.39, 0.29) is 17.4 Å². The molecule has 5 nitrogen and oxygen atoms in total. The van der Waals surface area contributed by atoms with Gasteiger partial charge in [-0.15, -0.1) is 0 Å². The quantitative estimate of drug-likeness (QED) is 0.344. The third-order valence-corrected chi connectivity index (χ3v) is 8.01. The number of carboxylic acid groups (broad SMARTS) is 1. The number of carbonyl (C=O) groups is 1. The van der Waals surface area contributed by atoms with E-state index in [0.29, 0.717) is 17.9 Å². The van der Waals surface area contributed by atoms with Crippen LogP contribution in [0, 0.1) is 29.0 Å². The van der Waals surface area contributed by atoms with E-state index in [4.69, 9.17) is 4.99 Å². The summed E-state index contributed by atoms with van der Waals surface area (Å²) in [5.41, 5.74) is 2.42. The lowest BCUT2D eigenvalue weighted by atomic mass is 9.48. The SMILES string of the molecule is C[C@@H](CC12CC3CC(CC(C3)C1)C2)NC(=NCc1ccc(F)cc1)Nc1ccc(C(=O)O)cc1. The highest BCUT2D eigenvalue weighted by Crippen LogP contribution is 2.61. The Morgan fingerprint density at radius 3 is 2.18 bits per heavy atom. The van der Waals surface area contributed by atoms with Crippen molar-refractivity contribution in [1.82, 2.24) is 5.32 Å². The molecule has 4 bridgehead atoms. The van der Waals surface area contributed by atoms with Crippen molar-refractivity contribution in [2.75, 3.05) is 5.32 Å². The normalized spacial score (nSPS) is 28.5. The number of hydrogen-bond donors (Lipinski definition) is 3. The van der Waals surface area contributed by atoms with Gasteiger partial charge in [-0.05, 0) is 117 Å². The number of aromatic carboxylic acids is 1. The van der Waals surface area contributed by atoms with Crippen molar-refractivity contribution in [3.8, 4) is 0 Å². The minimum absolute atomic E-state index is 0.249. The fraction of sp³-hybridized carbons (Fsp3) is 0.500. The standard InChI is InChI=1S/C28H34FN3O2/c1-18(13-28-14-20-10-21(15-28)12-22(11-20)16-28)31-27(30-17-19-2-6-24(29)7-3-19)32-25-8-4-23(5-9-25)26(33)34/h2-9,18,20-22H,10-17H2,1H3,(H,33,34)(H2,30,31,32)/t18-,20?,21?,22?,28?/m0/s1. The van der Waals surface area contributed by atoms with E-state index in [1.807, 2.05) is 0 Å². The fourth-order valence-corrected chi connectivity index (χ4v) is 7.19. The number of halogens is 1. The molecule has 0 aliphatic heterocycles. The highest BCUT2D eigenvalue weighted by atomic mass is 19.1. The van der Waals surface area contributed by atoms with Gasteiger partial charge in [-0.1, -0.05) is 12.1 Å². The van der Waals surface area contributed by atoms with Crippen molar-refractivity contribution in [1.29, 1.82) is 0 Å². The van der Waals surface area contributed by atoms with Crippen LogP contribution in [0.2, 0.25) is 0 Å². The van der Waals surface area contributed by atoms with Crippen LogP contribution < -0.4 is 10.6 Å². The maximum Gasteiger partial charge on any atom is 0.335 e. The summed E-state index contributed by atoms with van der Waals surface area (Å²) in [6.07, 6.45) is 9.59. The minimum Gasteiger partial charge on any atom is -0.478 e. The second-order valence-corrected chi connectivity index (χ2v) is 11.0. The number of aliphatic imine (C=N–C) groups is 1. The number of hydrogen-bond acceptors (Lipinski definition) is 2. The van der Waals surface area contributed by atoms with Crippen molar-refractivity contribution < 1.29 is 14.3 Å². The lowest BCUT2D eigenvalue weighted by molar-refractivity contribution is -0.0603. The summed E-state index contributed by atoms with van der Waals surface area (Å²) in [6.45, 7) is 2.66. The molecule has 0 unspecified atom stereocenters. The molecule has 2 aromatic rings. The molecule has 4 aliphatic carbocycles. The molecular formula is C28H34FN3O2. The summed E-state index contributed by atoms with van der Waals surface area (Å²) >= 11 is 0. The second-order valence-electron chi connectivity index (χ2n) is 11.0. The van der Waals surface area contributed by atoms with Crippen LogP contribution in [-0.4, -0.2) is 23.1 Å². The average molecular weight is 464 g/mol. The molecule has 0 heterocycles. The molecule has 0 amide bonds. The van der Waals surface area contributed by atoms with Crippen LogP contribution in [0.4, 0.5) is 10.1 Å². The summed E-state index contributed by atoms with van der Waals surface area (Å²) in [4.78, 5) is 15.9. The Bertz CT molecular complexity index is 1010. The Kier molecular flexibility index (Phi) is 6.32. The summed E-state index contributed by atoms with van der Waals surface area (Å²) in [5.74, 6) is 2.23. The van der Waals surface area contributed by atoms with E-state index in [1.165, 1.54) is 50.7 Å². The van der Waals surface area contributed by atoms with Gasteiger partial charge in [0.15, 0.2) is 5.96 Å². The van der Waals surface area contributed by atoms with E-state index in [0.717, 1.165) is 35.4 Å². The Morgan fingerprint density at radius 2 is 1.62 bits per heavy atom. The maximum absolute atomic E-state index is 13.3. The third-order valence-electron chi connectivity index (χ3n) is 8.01. The first-order valence-corrected chi connectivity index (χ1v) is 12.5. The highest BCUT2D eigenvalue weighted by molar-refractivity contribution is 5.94. The molecular weight excluding hydrogens is 429 g/mol. The number of guanidine groups is 1. The molecule has 4 saturated carbocycles. The first-order valence-electron chi connectivity index (χ1n) is 12.5. The minimum atomic E-state index is -0.945. The fourth-order valence-electron chi connectivity index (χ4n) is 7.19. The summed E-state index contributed by atoms with van der Waals surface area (Å²) in [5, 5.41) is 16.1. The molecule has 0 aromatic heterocycles. The van der Waals surface area contributed by atoms with E-state index in [2.05, 4.69) is 17.6 Å². The van der Waals surface area contributed by atoms with E-state index in [9.17, 15) is 14.3 Å². The van der Waals surface area contributed by atoms with Crippen molar-refractivity contribution in [3.63, 3.8) is 0 Å². The molecule has 0 radical (unpaired) electrons. The molecule has 4 fully saturated rings. The summed E-state index contributed by atoms with van der Waals surface area (Å²) in [7, 11) is 0. The smallest absolute Gasteiger partial charge is 0.335 e. The highest BCUT2D eigenvalue weighted by Gasteiger charge is 2.51. The zero-order valence-electron chi connectivity index (χ0n) is 19.8. The average Bonchev–Trinajstić information content (AvgIpc) is 2.77. The van der Waals surface area contributed by atoms with Crippen LogP contribution in [0.1, 0.15) is 67.8 Å². The van der Waals surface area contributed by atoms with Crippen LogP contribution in [0.5, 0.6) is 0 Å². The van der Waals surface area contributed by atoms with Gasteiger partial charge in [0.25, 0.3) is 0 Å². The maximum atomic E-state index is 13.3. The van der Waals surface area contributed by atoms with E-state index >= 15 is 0 Å². The Balaban J connectivity index is 1.29. The molecule has 1 atom stereocenters. The van der Waals surface area contributed by atoms with Crippen molar-refractivity contribution in [3.05, 3.63) is 65.5 Å². The molecule has 3 N–H and O–H groups in total. The predicted octanol–water partition coefficient (Wildman–Crippen LogP) is 6.08. The number of benzene rings is 2. The Morgan fingerprint density at radius 1 is 1.03 bits per heavy atom. The second kappa shape index (κ2) is 9.40. The molecule has 2 aromatic carbocycles. The van der Waals surface area contributed by atoms with Gasteiger partial charge in [-0.3, -0.25) is 0 Å². The molecule has 180 valence electrons. The van der Waals surface area contributed by atoms with E-state index < -0.39 is 5.97 Å². The van der Waals surface area contributed by atoms with Gasteiger partial charge in [0.2, 0.25) is 0 Å². The third kappa shape index (κ3) is 5.26. The van der Waals surface area contributed by atoms with Crippen LogP contribution >= 0.6 is 0 Å². The van der Waals surface area contributed by atoms with E-state index in [1.54, 1.807) is 36.4 Å². The van der Waals surface area contributed by atoms with Crippen molar-refractivity contribution in [2.45, 2.75) is 64.5 Å². The van der Waals surface area contributed by atoms with Gasteiger partial charge in [0.05, 0.1) is 12.1 Å².